The molecule has 0 saturated carbocycles. The first-order chi connectivity index (χ1) is 6.51. The van der Waals surface area contributed by atoms with Crippen LogP contribution < -0.4 is 0 Å². The van der Waals surface area contributed by atoms with Crippen LogP contribution in [0, 0.1) is 0 Å². The van der Waals surface area contributed by atoms with Gasteiger partial charge in [0.1, 0.15) is 11.7 Å². The van der Waals surface area contributed by atoms with E-state index in [0.29, 0.717) is 18.1 Å². The summed E-state index contributed by atoms with van der Waals surface area (Å²) < 4.78 is 10.2. The van der Waals surface area contributed by atoms with Crippen LogP contribution in [0.15, 0.2) is 4.52 Å². The molecule has 0 saturated heterocycles. The van der Waals surface area contributed by atoms with Crippen molar-refractivity contribution in [3.63, 3.8) is 0 Å². The first-order valence-corrected chi connectivity index (χ1v) is 4.58. The zero-order valence-corrected chi connectivity index (χ0v) is 8.94. The van der Waals surface area contributed by atoms with Crippen molar-refractivity contribution in [2.24, 2.45) is 0 Å². The Hall–Kier alpha value is -0.940. The largest absolute Gasteiger partial charge is 0.385 e. The minimum atomic E-state index is -0.667. The van der Waals surface area contributed by atoms with Gasteiger partial charge in [0, 0.05) is 7.11 Å². The SMILES string of the molecule is CCC(O)c1noc(C(C)(C)OC)n1. The summed E-state index contributed by atoms with van der Waals surface area (Å²) in [4.78, 5) is 4.07. The normalized spacial score (nSPS) is 14.4. The number of hydrogen-bond acceptors (Lipinski definition) is 5. The Balaban J connectivity index is 2.88. The molecule has 1 N–H and O–H groups in total. The summed E-state index contributed by atoms with van der Waals surface area (Å²) >= 11 is 0. The number of hydrogen-bond donors (Lipinski definition) is 1. The van der Waals surface area contributed by atoms with Crippen molar-refractivity contribution in [2.45, 2.75) is 38.9 Å². The summed E-state index contributed by atoms with van der Waals surface area (Å²) in [6.45, 7) is 5.49. The quantitative estimate of drug-likeness (QED) is 0.795. The maximum absolute atomic E-state index is 9.46. The average Bonchev–Trinajstić information content (AvgIpc) is 2.66. The molecule has 1 aromatic heterocycles. The van der Waals surface area contributed by atoms with Gasteiger partial charge in [-0.05, 0) is 20.3 Å². The van der Waals surface area contributed by atoms with E-state index in [9.17, 15) is 5.11 Å². The lowest BCUT2D eigenvalue weighted by Crippen LogP contribution is -2.20. The van der Waals surface area contributed by atoms with E-state index >= 15 is 0 Å². The number of aliphatic hydroxyl groups excluding tert-OH is 1. The van der Waals surface area contributed by atoms with Crippen LogP contribution in [0.1, 0.15) is 45.0 Å². The van der Waals surface area contributed by atoms with E-state index in [2.05, 4.69) is 10.1 Å². The summed E-state index contributed by atoms with van der Waals surface area (Å²) in [6, 6.07) is 0. The second-order valence-corrected chi connectivity index (χ2v) is 3.60. The van der Waals surface area contributed by atoms with E-state index in [0.717, 1.165) is 0 Å². The zero-order chi connectivity index (χ0) is 10.8. The second-order valence-electron chi connectivity index (χ2n) is 3.60. The number of ether oxygens (including phenoxy) is 1. The maximum Gasteiger partial charge on any atom is 0.258 e. The Morgan fingerprint density at radius 1 is 1.57 bits per heavy atom. The van der Waals surface area contributed by atoms with Gasteiger partial charge >= 0.3 is 0 Å². The fourth-order valence-electron chi connectivity index (χ4n) is 0.885. The third kappa shape index (κ3) is 2.10. The van der Waals surface area contributed by atoms with Crippen LogP contribution in [0.2, 0.25) is 0 Å². The Morgan fingerprint density at radius 2 is 2.21 bits per heavy atom. The van der Waals surface area contributed by atoms with Crippen molar-refractivity contribution in [1.82, 2.24) is 10.1 Å². The van der Waals surface area contributed by atoms with E-state index in [-0.39, 0.29) is 0 Å². The summed E-state index contributed by atoms with van der Waals surface area (Å²) in [5.74, 6) is 0.690. The predicted octanol–water partition coefficient (Wildman–Crippen LogP) is 1.39. The van der Waals surface area contributed by atoms with Gasteiger partial charge in [-0.1, -0.05) is 12.1 Å². The van der Waals surface area contributed by atoms with E-state index in [1.807, 2.05) is 20.8 Å². The van der Waals surface area contributed by atoms with Crippen LogP contribution in [0.25, 0.3) is 0 Å². The number of nitrogens with zero attached hydrogens (tertiary/aromatic N) is 2. The van der Waals surface area contributed by atoms with Crippen LogP contribution in [0.3, 0.4) is 0 Å². The zero-order valence-electron chi connectivity index (χ0n) is 8.94. The van der Waals surface area contributed by atoms with Crippen LogP contribution in [0.4, 0.5) is 0 Å². The van der Waals surface area contributed by atoms with Gasteiger partial charge in [0.25, 0.3) is 5.89 Å². The molecule has 0 aromatic carbocycles. The van der Waals surface area contributed by atoms with Crippen molar-refractivity contribution >= 4 is 0 Å². The molecule has 5 nitrogen and oxygen atoms in total. The highest BCUT2D eigenvalue weighted by atomic mass is 16.5. The molecule has 14 heavy (non-hydrogen) atoms. The van der Waals surface area contributed by atoms with Gasteiger partial charge < -0.3 is 14.4 Å². The molecule has 1 rings (SSSR count). The third-order valence-electron chi connectivity index (χ3n) is 2.15. The number of methoxy groups -OCH3 is 1. The third-order valence-corrected chi connectivity index (χ3v) is 2.15. The second kappa shape index (κ2) is 4.06. The lowest BCUT2D eigenvalue weighted by molar-refractivity contribution is -0.00787. The van der Waals surface area contributed by atoms with Gasteiger partial charge in [-0.2, -0.15) is 4.98 Å². The van der Waals surface area contributed by atoms with Crippen molar-refractivity contribution in [3.8, 4) is 0 Å². The summed E-state index contributed by atoms with van der Waals surface area (Å²) in [6.07, 6.45) is -0.105. The van der Waals surface area contributed by atoms with Gasteiger partial charge in [-0.3, -0.25) is 0 Å². The highest BCUT2D eigenvalue weighted by Gasteiger charge is 2.28. The molecule has 80 valence electrons. The van der Waals surface area contributed by atoms with Gasteiger partial charge in [-0.25, -0.2) is 0 Å². The van der Waals surface area contributed by atoms with E-state index in [4.69, 9.17) is 9.26 Å². The maximum atomic E-state index is 9.46. The molecular weight excluding hydrogens is 184 g/mol. The molecule has 0 aliphatic carbocycles. The Bertz CT molecular complexity index is 296. The standard InChI is InChI=1S/C9H16N2O3/c1-5-6(12)7-10-8(14-11-7)9(2,3)13-4/h6,12H,5H2,1-4H3. The molecule has 0 aliphatic rings. The fraction of sp³-hybridized carbons (Fsp3) is 0.778. The monoisotopic (exact) mass is 200 g/mol. The molecule has 0 fully saturated rings. The number of rotatable bonds is 4. The molecule has 1 unspecified atom stereocenters. The van der Waals surface area contributed by atoms with Crippen molar-refractivity contribution < 1.29 is 14.4 Å². The number of aromatic nitrogens is 2. The van der Waals surface area contributed by atoms with Crippen molar-refractivity contribution in [2.75, 3.05) is 7.11 Å². The van der Waals surface area contributed by atoms with Gasteiger partial charge in [0.15, 0.2) is 5.82 Å². The average molecular weight is 200 g/mol. The molecule has 0 aliphatic heterocycles. The Labute approximate surface area is 83.1 Å². The first kappa shape index (κ1) is 11.1. The van der Waals surface area contributed by atoms with Crippen molar-refractivity contribution in [3.05, 3.63) is 11.7 Å². The van der Waals surface area contributed by atoms with Gasteiger partial charge in [-0.15, -0.1) is 0 Å². The van der Waals surface area contributed by atoms with Crippen LogP contribution in [0.5, 0.6) is 0 Å². The molecule has 5 heteroatoms. The van der Waals surface area contributed by atoms with Crippen LogP contribution >= 0.6 is 0 Å². The summed E-state index contributed by atoms with van der Waals surface area (Å²) in [7, 11) is 1.57. The molecule has 0 radical (unpaired) electrons. The summed E-state index contributed by atoms with van der Waals surface area (Å²) in [5.41, 5.74) is -0.612. The first-order valence-electron chi connectivity index (χ1n) is 4.58. The van der Waals surface area contributed by atoms with Crippen LogP contribution in [-0.4, -0.2) is 22.4 Å². The highest BCUT2D eigenvalue weighted by molar-refractivity contribution is 4.97. The molecule has 0 amide bonds. The van der Waals surface area contributed by atoms with E-state index in [1.54, 1.807) is 7.11 Å². The molecule has 0 spiro atoms. The molecule has 0 bridgehead atoms. The minimum Gasteiger partial charge on any atom is -0.385 e. The molecular formula is C9H16N2O3. The minimum absolute atomic E-state index is 0.313. The van der Waals surface area contributed by atoms with E-state index < -0.39 is 11.7 Å². The Kier molecular flexibility index (Phi) is 3.23. The summed E-state index contributed by atoms with van der Waals surface area (Å²) in [5, 5.41) is 13.1. The van der Waals surface area contributed by atoms with Gasteiger partial charge in [0.2, 0.25) is 0 Å². The fourth-order valence-corrected chi connectivity index (χ4v) is 0.885. The molecule has 1 heterocycles. The predicted molar refractivity (Wildman–Crippen MR) is 49.6 cm³/mol. The number of aliphatic hydroxyl groups is 1. The topological polar surface area (TPSA) is 68.4 Å². The smallest absolute Gasteiger partial charge is 0.258 e. The molecule has 1 atom stereocenters. The highest BCUT2D eigenvalue weighted by Crippen LogP contribution is 2.23. The Morgan fingerprint density at radius 3 is 2.71 bits per heavy atom. The van der Waals surface area contributed by atoms with Crippen molar-refractivity contribution in [1.29, 1.82) is 0 Å². The lowest BCUT2D eigenvalue weighted by Gasteiger charge is -2.16. The van der Waals surface area contributed by atoms with Gasteiger partial charge in [0.05, 0.1) is 0 Å². The van der Waals surface area contributed by atoms with Crippen LogP contribution in [-0.2, 0) is 10.3 Å². The van der Waals surface area contributed by atoms with E-state index in [1.165, 1.54) is 0 Å². The lowest BCUT2D eigenvalue weighted by atomic mass is 10.1. The molecule has 1 aromatic rings.